The third-order valence-corrected chi connectivity index (χ3v) is 2.31. The molecule has 1 unspecified atom stereocenters. The summed E-state index contributed by atoms with van der Waals surface area (Å²) in [6.07, 6.45) is 0.782. The minimum absolute atomic E-state index is 0.191. The fraction of sp³-hybridized carbons (Fsp3) is 0.400. The molecular formula is C10H11NO3. The van der Waals surface area contributed by atoms with Crippen LogP contribution in [0.2, 0.25) is 0 Å². The molecule has 1 N–H and O–H groups in total. The second kappa shape index (κ2) is 3.29. The van der Waals surface area contributed by atoms with Gasteiger partial charge >= 0.3 is 0 Å². The van der Waals surface area contributed by atoms with Crippen LogP contribution < -0.4 is 5.32 Å². The molecule has 0 radical (unpaired) electrons. The zero-order valence-corrected chi connectivity index (χ0v) is 7.87. The topological polar surface area (TPSA) is 59.3 Å². The number of rotatable bonds is 2. The fourth-order valence-electron chi connectivity index (χ4n) is 1.61. The summed E-state index contributed by atoms with van der Waals surface area (Å²) in [4.78, 5) is 22.1. The minimum Gasteiger partial charge on any atom is -0.466 e. The zero-order valence-electron chi connectivity index (χ0n) is 7.87. The molecular weight excluding hydrogens is 182 g/mol. The molecule has 1 aromatic rings. The monoisotopic (exact) mass is 193 g/mol. The Morgan fingerprint density at radius 2 is 2.29 bits per heavy atom. The van der Waals surface area contributed by atoms with E-state index in [1.807, 2.05) is 19.1 Å². The van der Waals surface area contributed by atoms with Crippen molar-refractivity contribution in [1.82, 2.24) is 5.32 Å². The van der Waals surface area contributed by atoms with Gasteiger partial charge in [-0.3, -0.25) is 14.9 Å². The van der Waals surface area contributed by atoms with Crippen molar-refractivity contribution < 1.29 is 14.0 Å². The highest BCUT2D eigenvalue weighted by Crippen LogP contribution is 2.18. The fourth-order valence-corrected chi connectivity index (χ4v) is 1.61. The van der Waals surface area contributed by atoms with Crippen molar-refractivity contribution in [3.05, 3.63) is 23.7 Å². The standard InChI is InChI=1S/C10H11NO3/c1-6-2-3-8(14-6)4-7-5-9(12)11-10(7)13/h2-3,7H,4-5H2,1H3,(H,11,12,13). The van der Waals surface area contributed by atoms with Gasteiger partial charge in [0.15, 0.2) is 0 Å². The van der Waals surface area contributed by atoms with Crippen LogP contribution in [0.5, 0.6) is 0 Å². The Bertz CT molecular complexity index is 380. The molecule has 1 aliphatic rings. The van der Waals surface area contributed by atoms with E-state index in [1.165, 1.54) is 0 Å². The van der Waals surface area contributed by atoms with Gasteiger partial charge in [0.25, 0.3) is 0 Å². The van der Waals surface area contributed by atoms with Crippen LogP contribution in [0.15, 0.2) is 16.5 Å². The first-order chi connectivity index (χ1) is 6.65. The minimum atomic E-state index is -0.256. The molecule has 4 heteroatoms. The number of hydrogen-bond acceptors (Lipinski definition) is 3. The van der Waals surface area contributed by atoms with E-state index in [0.717, 1.165) is 11.5 Å². The van der Waals surface area contributed by atoms with Crippen molar-refractivity contribution >= 4 is 11.8 Å². The van der Waals surface area contributed by atoms with E-state index in [1.54, 1.807) is 0 Å². The number of carbonyl (C=O) groups is 2. The number of aryl methyl sites for hydroxylation is 1. The lowest BCUT2D eigenvalue weighted by atomic mass is 10.0. The molecule has 74 valence electrons. The molecule has 1 atom stereocenters. The lowest BCUT2D eigenvalue weighted by Gasteiger charge is -2.01. The summed E-state index contributed by atoms with van der Waals surface area (Å²) in [5, 5.41) is 2.27. The average Bonchev–Trinajstić information content (AvgIpc) is 2.61. The maximum atomic E-state index is 11.2. The first-order valence-electron chi connectivity index (χ1n) is 4.54. The number of amides is 2. The van der Waals surface area contributed by atoms with Crippen LogP contribution in [0.1, 0.15) is 17.9 Å². The molecule has 0 spiro atoms. The average molecular weight is 193 g/mol. The van der Waals surface area contributed by atoms with Crippen molar-refractivity contribution in [2.24, 2.45) is 5.92 Å². The van der Waals surface area contributed by atoms with Crippen LogP contribution in [0.4, 0.5) is 0 Å². The van der Waals surface area contributed by atoms with Crippen LogP contribution >= 0.6 is 0 Å². The highest BCUT2D eigenvalue weighted by Gasteiger charge is 2.31. The van der Waals surface area contributed by atoms with Gasteiger partial charge in [0.05, 0.1) is 5.92 Å². The van der Waals surface area contributed by atoms with E-state index in [9.17, 15) is 9.59 Å². The van der Waals surface area contributed by atoms with Gasteiger partial charge in [0.1, 0.15) is 11.5 Å². The summed E-state index contributed by atoms with van der Waals surface area (Å²) < 4.78 is 5.34. The summed E-state index contributed by atoms with van der Waals surface area (Å²) in [5.41, 5.74) is 0. The molecule has 0 aliphatic carbocycles. The molecule has 2 amide bonds. The van der Waals surface area contributed by atoms with Crippen molar-refractivity contribution in [1.29, 1.82) is 0 Å². The molecule has 2 heterocycles. The van der Waals surface area contributed by atoms with Crippen LogP contribution in [0.25, 0.3) is 0 Å². The van der Waals surface area contributed by atoms with Crippen molar-refractivity contribution in [2.75, 3.05) is 0 Å². The predicted octanol–water partition coefficient (Wildman–Crippen LogP) is 0.793. The van der Waals surface area contributed by atoms with E-state index in [2.05, 4.69) is 5.32 Å². The summed E-state index contributed by atoms with van der Waals surface area (Å²) in [7, 11) is 0. The second-order valence-electron chi connectivity index (χ2n) is 3.53. The Balaban J connectivity index is 2.05. The van der Waals surface area contributed by atoms with Crippen LogP contribution in [-0.4, -0.2) is 11.8 Å². The Morgan fingerprint density at radius 3 is 2.79 bits per heavy atom. The summed E-state index contributed by atoms with van der Waals surface area (Å²) in [6, 6.07) is 3.69. The molecule has 1 saturated heterocycles. The first-order valence-corrected chi connectivity index (χ1v) is 4.54. The SMILES string of the molecule is Cc1ccc(CC2CC(=O)NC2=O)o1. The van der Waals surface area contributed by atoms with Gasteiger partial charge in [-0.05, 0) is 19.1 Å². The van der Waals surface area contributed by atoms with E-state index in [4.69, 9.17) is 4.42 Å². The number of hydrogen-bond donors (Lipinski definition) is 1. The highest BCUT2D eigenvalue weighted by molar-refractivity contribution is 6.03. The molecule has 0 aromatic carbocycles. The highest BCUT2D eigenvalue weighted by atomic mass is 16.3. The molecule has 1 aliphatic heterocycles. The number of nitrogens with one attached hydrogen (secondary N) is 1. The van der Waals surface area contributed by atoms with Gasteiger partial charge in [0.2, 0.25) is 11.8 Å². The molecule has 2 rings (SSSR count). The van der Waals surface area contributed by atoms with Crippen LogP contribution in [-0.2, 0) is 16.0 Å². The van der Waals surface area contributed by atoms with Crippen molar-refractivity contribution in [2.45, 2.75) is 19.8 Å². The summed E-state index contributed by atoms with van der Waals surface area (Å²) in [5.74, 6) is 0.947. The Morgan fingerprint density at radius 1 is 1.50 bits per heavy atom. The first kappa shape index (κ1) is 8.99. The van der Waals surface area contributed by atoms with Gasteiger partial charge < -0.3 is 4.42 Å². The molecule has 1 aromatic heterocycles. The van der Waals surface area contributed by atoms with Gasteiger partial charge in [-0.25, -0.2) is 0 Å². The molecule has 1 fully saturated rings. The maximum absolute atomic E-state index is 11.2. The van der Waals surface area contributed by atoms with Gasteiger partial charge in [0, 0.05) is 12.8 Å². The summed E-state index contributed by atoms with van der Waals surface area (Å²) in [6.45, 7) is 1.85. The van der Waals surface area contributed by atoms with Crippen molar-refractivity contribution in [3.8, 4) is 0 Å². The quantitative estimate of drug-likeness (QED) is 0.706. The third-order valence-electron chi connectivity index (χ3n) is 2.31. The largest absolute Gasteiger partial charge is 0.466 e. The number of carbonyl (C=O) groups excluding carboxylic acids is 2. The molecule has 4 nitrogen and oxygen atoms in total. The number of imide groups is 1. The van der Waals surface area contributed by atoms with Gasteiger partial charge in [-0.1, -0.05) is 0 Å². The Hall–Kier alpha value is -1.58. The summed E-state index contributed by atoms with van der Waals surface area (Å²) >= 11 is 0. The third kappa shape index (κ3) is 1.69. The molecule has 14 heavy (non-hydrogen) atoms. The lowest BCUT2D eigenvalue weighted by molar-refractivity contribution is -0.125. The molecule has 0 bridgehead atoms. The van der Waals surface area contributed by atoms with E-state index < -0.39 is 0 Å². The maximum Gasteiger partial charge on any atom is 0.230 e. The van der Waals surface area contributed by atoms with Crippen LogP contribution in [0, 0.1) is 12.8 Å². The zero-order chi connectivity index (χ0) is 10.1. The van der Waals surface area contributed by atoms with Gasteiger partial charge in [-0.2, -0.15) is 0 Å². The normalized spacial score (nSPS) is 21.4. The predicted molar refractivity (Wildman–Crippen MR) is 48.4 cm³/mol. The van der Waals surface area contributed by atoms with E-state index >= 15 is 0 Å². The lowest BCUT2D eigenvalue weighted by Crippen LogP contribution is -2.22. The molecule has 0 saturated carbocycles. The van der Waals surface area contributed by atoms with Gasteiger partial charge in [-0.15, -0.1) is 0 Å². The number of furan rings is 1. The second-order valence-corrected chi connectivity index (χ2v) is 3.53. The van der Waals surface area contributed by atoms with E-state index in [-0.39, 0.29) is 24.2 Å². The van der Waals surface area contributed by atoms with Crippen molar-refractivity contribution in [3.63, 3.8) is 0 Å². The van der Waals surface area contributed by atoms with E-state index in [0.29, 0.717) is 6.42 Å². The Kier molecular flexibility index (Phi) is 2.11. The van der Waals surface area contributed by atoms with Crippen LogP contribution in [0.3, 0.4) is 0 Å². The smallest absolute Gasteiger partial charge is 0.230 e. The Labute approximate surface area is 81.3 Å².